The van der Waals surface area contributed by atoms with Crippen LogP contribution in [0.1, 0.15) is 15.9 Å². The van der Waals surface area contributed by atoms with Crippen LogP contribution in [-0.4, -0.2) is 70.9 Å². The Labute approximate surface area is 201 Å². The normalized spacial score (nSPS) is 11.6. The molecule has 0 aliphatic carbocycles. The first-order valence-electron chi connectivity index (χ1n) is 10.4. The molecule has 4 rings (SSSR count). The van der Waals surface area contributed by atoms with Gasteiger partial charge >= 0.3 is 0 Å². The van der Waals surface area contributed by atoms with Crippen LogP contribution in [0, 0.1) is 0 Å². The zero-order valence-corrected chi connectivity index (χ0v) is 19.7. The van der Waals surface area contributed by atoms with Crippen molar-refractivity contribution >= 4 is 38.8 Å². The van der Waals surface area contributed by atoms with Crippen molar-refractivity contribution in [1.29, 1.82) is 0 Å². The van der Waals surface area contributed by atoms with Crippen LogP contribution in [0.15, 0.2) is 60.1 Å². The maximum absolute atomic E-state index is 12.1. The summed E-state index contributed by atoms with van der Waals surface area (Å²) in [7, 11) is -1.59. The van der Waals surface area contributed by atoms with Gasteiger partial charge in [-0.1, -0.05) is 18.2 Å². The SMILES string of the molecule is COc1cccc(-n2ncc3c(N/N=C\c4ccc(C(=O)NCCS(C)(=O)=O)cc4)ncnc32)n1. The molecule has 0 fully saturated rings. The summed E-state index contributed by atoms with van der Waals surface area (Å²) in [6.07, 6.45) is 5.71. The van der Waals surface area contributed by atoms with Crippen LogP contribution >= 0.6 is 0 Å². The van der Waals surface area contributed by atoms with E-state index < -0.39 is 9.84 Å². The molecular weight excluding hydrogens is 472 g/mol. The van der Waals surface area contributed by atoms with Crippen molar-refractivity contribution in [2.75, 3.05) is 31.1 Å². The van der Waals surface area contributed by atoms with Crippen LogP contribution in [0.3, 0.4) is 0 Å². The number of hydrogen-bond donors (Lipinski definition) is 2. The Morgan fingerprint density at radius 1 is 1.17 bits per heavy atom. The molecule has 13 heteroatoms. The third-order valence-electron chi connectivity index (χ3n) is 4.82. The van der Waals surface area contributed by atoms with Crippen LogP contribution in [0.25, 0.3) is 16.9 Å². The molecule has 1 aromatic carbocycles. The molecule has 12 nitrogen and oxygen atoms in total. The first-order valence-corrected chi connectivity index (χ1v) is 12.5. The topological polar surface area (TPSA) is 153 Å². The van der Waals surface area contributed by atoms with E-state index >= 15 is 0 Å². The number of carbonyl (C=O) groups excluding carboxylic acids is 1. The summed E-state index contributed by atoms with van der Waals surface area (Å²) in [6, 6.07) is 12.0. The number of rotatable bonds is 9. The number of ether oxygens (including phenoxy) is 1. The van der Waals surface area contributed by atoms with Gasteiger partial charge in [-0.2, -0.15) is 19.9 Å². The summed E-state index contributed by atoms with van der Waals surface area (Å²) in [5, 5.41) is 11.8. The quantitative estimate of drug-likeness (QED) is 0.260. The lowest BCUT2D eigenvalue weighted by Gasteiger charge is -2.05. The van der Waals surface area contributed by atoms with Crippen molar-refractivity contribution in [2.24, 2.45) is 5.10 Å². The second kappa shape index (κ2) is 10.3. The van der Waals surface area contributed by atoms with Crippen LogP contribution in [0.4, 0.5) is 5.82 Å². The lowest BCUT2D eigenvalue weighted by molar-refractivity contribution is 0.0956. The summed E-state index contributed by atoms with van der Waals surface area (Å²) < 4.78 is 29.1. The molecular formula is C22H22N8O4S. The molecule has 3 heterocycles. The molecule has 180 valence electrons. The van der Waals surface area contributed by atoms with Crippen LogP contribution in [0.2, 0.25) is 0 Å². The monoisotopic (exact) mass is 494 g/mol. The van der Waals surface area contributed by atoms with Crippen LogP contribution in [0.5, 0.6) is 5.88 Å². The predicted molar refractivity (Wildman–Crippen MR) is 131 cm³/mol. The van der Waals surface area contributed by atoms with Crippen LogP contribution < -0.4 is 15.5 Å². The van der Waals surface area contributed by atoms with E-state index in [0.29, 0.717) is 34.1 Å². The molecule has 2 N–H and O–H groups in total. The number of benzene rings is 1. The van der Waals surface area contributed by atoms with E-state index in [1.54, 1.807) is 60.6 Å². The molecule has 35 heavy (non-hydrogen) atoms. The highest BCUT2D eigenvalue weighted by Gasteiger charge is 2.12. The number of fused-ring (bicyclic) bond motifs is 1. The highest BCUT2D eigenvalue weighted by molar-refractivity contribution is 7.90. The van der Waals surface area contributed by atoms with Gasteiger partial charge in [-0.3, -0.25) is 10.2 Å². The molecule has 3 aromatic heterocycles. The van der Waals surface area contributed by atoms with E-state index in [2.05, 4.69) is 35.9 Å². The molecule has 0 bridgehead atoms. The number of carbonyl (C=O) groups is 1. The number of aromatic nitrogens is 5. The summed E-state index contributed by atoms with van der Waals surface area (Å²) in [6.45, 7) is 0.0582. The summed E-state index contributed by atoms with van der Waals surface area (Å²) in [5.41, 5.74) is 4.59. The van der Waals surface area contributed by atoms with E-state index in [4.69, 9.17) is 4.74 Å². The molecule has 4 aromatic rings. The van der Waals surface area contributed by atoms with Gasteiger partial charge in [-0.05, 0) is 23.8 Å². The fourth-order valence-corrected chi connectivity index (χ4v) is 3.55. The lowest BCUT2D eigenvalue weighted by Crippen LogP contribution is -2.28. The van der Waals surface area contributed by atoms with Gasteiger partial charge in [0.25, 0.3) is 5.91 Å². The van der Waals surface area contributed by atoms with E-state index in [0.717, 1.165) is 11.8 Å². The Hall–Kier alpha value is -4.39. The van der Waals surface area contributed by atoms with E-state index in [9.17, 15) is 13.2 Å². The highest BCUT2D eigenvalue weighted by atomic mass is 32.2. The second-order valence-corrected chi connectivity index (χ2v) is 9.69. The Kier molecular flexibility index (Phi) is 6.96. The van der Waals surface area contributed by atoms with Gasteiger partial charge in [0.1, 0.15) is 16.2 Å². The van der Waals surface area contributed by atoms with Gasteiger partial charge in [0.05, 0.1) is 30.7 Å². The van der Waals surface area contributed by atoms with Gasteiger partial charge in [0.15, 0.2) is 17.3 Å². The maximum Gasteiger partial charge on any atom is 0.251 e. The molecule has 1 amide bonds. The van der Waals surface area contributed by atoms with Crippen molar-refractivity contribution in [1.82, 2.24) is 30.0 Å². The Morgan fingerprint density at radius 3 is 2.71 bits per heavy atom. The lowest BCUT2D eigenvalue weighted by atomic mass is 10.1. The largest absolute Gasteiger partial charge is 0.481 e. The summed E-state index contributed by atoms with van der Waals surface area (Å²) >= 11 is 0. The maximum atomic E-state index is 12.1. The predicted octanol–water partition coefficient (Wildman–Crippen LogP) is 1.44. The zero-order chi connectivity index (χ0) is 24.8. The van der Waals surface area contributed by atoms with E-state index in [-0.39, 0.29) is 18.2 Å². The number of sulfone groups is 1. The van der Waals surface area contributed by atoms with Gasteiger partial charge < -0.3 is 10.1 Å². The molecule has 0 spiro atoms. The average molecular weight is 495 g/mol. The van der Waals surface area contributed by atoms with Crippen molar-refractivity contribution in [2.45, 2.75) is 0 Å². The minimum Gasteiger partial charge on any atom is -0.481 e. The molecule has 0 aliphatic heterocycles. The van der Waals surface area contributed by atoms with Gasteiger partial charge in [0.2, 0.25) is 5.88 Å². The fourth-order valence-electron chi connectivity index (χ4n) is 3.08. The third-order valence-corrected chi connectivity index (χ3v) is 5.76. The summed E-state index contributed by atoms with van der Waals surface area (Å²) in [5.74, 6) is 1.01. The highest BCUT2D eigenvalue weighted by Crippen LogP contribution is 2.21. The molecule has 0 aliphatic rings. The van der Waals surface area contributed by atoms with Crippen molar-refractivity contribution in [3.8, 4) is 11.7 Å². The fraction of sp³-hybridized carbons (Fsp3) is 0.182. The molecule has 0 atom stereocenters. The number of nitrogens with zero attached hydrogens (tertiary/aromatic N) is 6. The Bertz CT molecular complexity index is 1480. The first kappa shape index (κ1) is 23.8. The van der Waals surface area contributed by atoms with Gasteiger partial charge in [0, 0.05) is 24.4 Å². The Morgan fingerprint density at radius 2 is 1.97 bits per heavy atom. The van der Waals surface area contributed by atoms with E-state index in [1.165, 1.54) is 6.33 Å². The smallest absolute Gasteiger partial charge is 0.251 e. The number of anilines is 1. The van der Waals surface area contributed by atoms with E-state index in [1.807, 2.05) is 6.07 Å². The average Bonchev–Trinajstić information content (AvgIpc) is 3.29. The van der Waals surface area contributed by atoms with Gasteiger partial charge in [-0.15, -0.1) is 0 Å². The van der Waals surface area contributed by atoms with Crippen molar-refractivity contribution in [3.05, 3.63) is 66.1 Å². The number of hydrogen-bond acceptors (Lipinski definition) is 10. The third kappa shape index (κ3) is 5.95. The number of nitrogens with one attached hydrogen (secondary N) is 2. The standard InChI is InChI=1S/C22H22N8O4S/c1-34-19-5-3-4-18(28-19)30-21-17(13-27-30)20(24-14-25-21)29-26-12-15-6-8-16(9-7-15)22(31)23-10-11-35(2,32)33/h3-9,12-14H,10-11H2,1-2H3,(H,23,31)(H,24,25,29)/b26-12-. The molecule has 0 saturated carbocycles. The minimum absolute atomic E-state index is 0.0582. The second-order valence-electron chi connectivity index (χ2n) is 7.43. The molecule has 0 unspecified atom stereocenters. The first-order chi connectivity index (χ1) is 16.8. The van der Waals surface area contributed by atoms with Crippen molar-refractivity contribution in [3.63, 3.8) is 0 Å². The number of amides is 1. The molecule has 0 saturated heterocycles. The zero-order valence-electron chi connectivity index (χ0n) is 18.9. The van der Waals surface area contributed by atoms with Crippen LogP contribution in [-0.2, 0) is 9.84 Å². The number of pyridine rings is 1. The minimum atomic E-state index is -3.13. The summed E-state index contributed by atoms with van der Waals surface area (Å²) in [4.78, 5) is 25.0. The Balaban J connectivity index is 1.43. The number of methoxy groups -OCH3 is 1. The van der Waals surface area contributed by atoms with Gasteiger partial charge in [-0.25, -0.2) is 18.4 Å². The molecule has 0 radical (unpaired) electrons. The van der Waals surface area contributed by atoms with Crippen molar-refractivity contribution < 1.29 is 17.9 Å². The number of hydrazone groups is 1.